The highest BCUT2D eigenvalue weighted by atomic mass is 32.1. The number of rotatable bonds is 3. The van der Waals surface area contributed by atoms with E-state index in [-0.39, 0.29) is 5.91 Å². The first-order valence-corrected chi connectivity index (χ1v) is 6.74. The summed E-state index contributed by atoms with van der Waals surface area (Å²) in [7, 11) is 0. The molecule has 2 aromatic heterocycles. The zero-order valence-electron chi connectivity index (χ0n) is 10.1. The molecule has 1 aliphatic rings. The number of aryl methyl sites for hydroxylation is 1. The second-order valence-electron chi connectivity index (χ2n) is 4.61. The second kappa shape index (κ2) is 4.53. The number of amides is 1. The van der Waals surface area contributed by atoms with Gasteiger partial charge < -0.3 is 4.90 Å². The molecule has 0 N–H and O–H groups in total. The molecule has 1 amide bonds. The summed E-state index contributed by atoms with van der Waals surface area (Å²) < 4.78 is 1.82. The largest absolute Gasteiger partial charge is 0.337 e. The van der Waals surface area contributed by atoms with Gasteiger partial charge in [-0.1, -0.05) is 5.21 Å². The molecule has 94 valence electrons. The van der Waals surface area contributed by atoms with E-state index in [0.717, 1.165) is 24.5 Å². The van der Waals surface area contributed by atoms with Crippen molar-refractivity contribution in [2.75, 3.05) is 13.1 Å². The van der Waals surface area contributed by atoms with E-state index in [9.17, 15) is 4.79 Å². The lowest BCUT2D eigenvalue weighted by atomic mass is 10.00. The van der Waals surface area contributed by atoms with Crippen LogP contribution in [0.15, 0.2) is 24.5 Å². The lowest BCUT2D eigenvalue weighted by Gasteiger charge is -2.38. The van der Waals surface area contributed by atoms with E-state index in [1.807, 2.05) is 34.8 Å². The quantitative estimate of drug-likeness (QED) is 0.840. The number of hydrogen-bond acceptors (Lipinski definition) is 4. The summed E-state index contributed by atoms with van der Waals surface area (Å²) in [6.07, 6.45) is 3.53. The van der Waals surface area contributed by atoms with Crippen molar-refractivity contribution in [1.29, 1.82) is 0 Å². The molecule has 3 heterocycles. The van der Waals surface area contributed by atoms with Crippen LogP contribution in [-0.2, 0) is 6.54 Å². The predicted octanol–water partition coefficient (Wildman–Crippen LogP) is 1.42. The van der Waals surface area contributed by atoms with Crippen molar-refractivity contribution in [3.63, 3.8) is 0 Å². The van der Waals surface area contributed by atoms with Crippen molar-refractivity contribution in [2.45, 2.75) is 13.5 Å². The highest BCUT2D eigenvalue weighted by Gasteiger charge is 2.31. The summed E-state index contributed by atoms with van der Waals surface area (Å²) in [5, 5.41) is 7.71. The Bertz CT molecular complexity index is 542. The maximum Gasteiger partial charge on any atom is 0.263 e. The molecule has 1 aliphatic heterocycles. The van der Waals surface area contributed by atoms with E-state index >= 15 is 0 Å². The Kier molecular flexibility index (Phi) is 2.87. The zero-order valence-corrected chi connectivity index (χ0v) is 10.9. The molecule has 0 bridgehead atoms. The number of thiophene rings is 1. The molecule has 0 radical (unpaired) electrons. The molecule has 0 aliphatic carbocycles. The van der Waals surface area contributed by atoms with Gasteiger partial charge in [-0.25, -0.2) is 0 Å². The Morgan fingerprint density at radius 2 is 2.33 bits per heavy atom. The molecular formula is C12H14N4OS. The van der Waals surface area contributed by atoms with Crippen LogP contribution < -0.4 is 0 Å². The average Bonchev–Trinajstić information content (AvgIpc) is 2.93. The van der Waals surface area contributed by atoms with Gasteiger partial charge in [0.2, 0.25) is 0 Å². The van der Waals surface area contributed by atoms with Gasteiger partial charge in [-0.15, -0.1) is 16.4 Å². The minimum Gasteiger partial charge on any atom is -0.337 e. The van der Waals surface area contributed by atoms with E-state index in [0.29, 0.717) is 5.92 Å². The summed E-state index contributed by atoms with van der Waals surface area (Å²) in [5.41, 5.74) is 0. The molecule has 18 heavy (non-hydrogen) atoms. The van der Waals surface area contributed by atoms with Crippen LogP contribution in [0, 0.1) is 12.8 Å². The third-order valence-corrected chi connectivity index (χ3v) is 4.10. The first-order valence-electron chi connectivity index (χ1n) is 5.92. The number of carbonyl (C=O) groups is 1. The minimum absolute atomic E-state index is 0.156. The molecular weight excluding hydrogens is 248 g/mol. The maximum atomic E-state index is 12.1. The van der Waals surface area contributed by atoms with Crippen LogP contribution in [0.2, 0.25) is 0 Å². The lowest BCUT2D eigenvalue weighted by Crippen LogP contribution is -2.51. The summed E-state index contributed by atoms with van der Waals surface area (Å²) in [5.74, 6) is 0.652. The van der Waals surface area contributed by atoms with Crippen molar-refractivity contribution in [2.24, 2.45) is 5.92 Å². The van der Waals surface area contributed by atoms with Crippen LogP contribution in [-0.4, -0.2) is 38.9 Å². The Balaban J connectivity index is 1.54. The third-order valence-electron chi connectivity index (χ3n) is 3.11. The molecule has 0 unspecified atom stereocenters. The van der Waals surface area contributed by atoms with Gasteiger partial charge in [0.1, 0.15) is 0 Å². The van der Waals surface area contributed by atoms with Crippen LogP contribution in [0.3, 0.4) is 0 Å². The third kappa shape index (κ3) is 2.15. The van der Waals surface area contributed by atoms with E-state index < -0.39 is 0 Å². The number of carbonyl (C=O) groups excluding carboxylic acids is 1. The Morgan fingerprint density at radius 1 is 1.50 bits per heavy atom. The Hall–Kier alpha value is -1.69. The smallest absolute Gasteiger partial charge is 0.263 e. The van der Waals surface area contributed by atoms with Crippen molar-refractivity contribution in [3.05, 3.63) is 34.3 Å². The standard InChI is InChI=1S/C12H14N4OS/c1-9-2-3-11(18-9)12(17)15-6-10(7-15)8-16-5-4-13-14-16/h2-5,10H,6-8H2,1H3. The molecule has 0 saturated carbocycles. The van der Waals surface area contributed by atoms with Crippen molar-refractivity contribution in [1.82, 2.24) is 19.9 Å². The predicted molar refractivity (Wildman–Crippen MR) is 68.5 cm³/mol. The van der Waals surface area contributed by atoms with Gasteiger partial charge >= 0.3 is 0 Å². The highest BCUT2D eigenvalue weighted by Crippen LogP contribution is 2.23. The van der Waals surface area contributed by atoms with Crippen LogP contribution in [0.4, 0.5) is 0 Å². The number of aromatic nitrogens is 3. The van der Waals surface area contributed by atoms with Crippen LogP contribution in [0.25, 0.3) is 0 Å². The highest BCUT2D eigenvalue weighted by molar-refractivity contribution is 7.13. The van der Waals surface area contributed by atoms with Gasteiger partial charge in [0, 0.05) is 36.6 Å². The monoisotopic (exact) mass is 262 g/mol. The molecule has 0 aromatic carbocycles. The van der Waals surface area contributed by atoms with E-state index in [2.05, 4.69) is 10.3 Å². The Labute approximate surface area is 109 Å². The molecule has 2 aromatic rings. The Morgan fingerprint density at radius 3 is 2.94 bits per heavy atom. The first-order chi connectivity index (χ1) is 8.72. The SMILES string of the molecule is Cc1ccc(C(=O)N2CC(Cn3ccnn3)C2)s1. The van der Waals surface area contributed by atoms with Crippen LogP contribution in [0.5, 0.6) is 0 Å². The topological polar surface area (TPSA) is 51.0 Å². The molecule has 6 heteroatoms. The molecule has 5 nitrogen and oxygen atoms in total. The fraction of sp³-hybridized carbons (Fsp3) is 0.417. The molecule has 0 spiro atoms. The van der Waals surface area contributed by atoms with E-state index in [4.69, 9.17) is 0 Å². The van der Waals surface area contributed by atoms with Gasteiger partial charge in [-0.3, -0.25) is 9.48 Å². The molecule has 0 atom stereocenters. The van der Waals surface area contributed by atoms with Gasteiger partial charge in [-0.05, 0) is 19.1 Å². The van der Waals surface area contributed by atoms with E-state index in [1.54, 1.807) is 17.5 Å². The minimum atomic E-state index is 0.156. The summed E-state index contributed by atoms with van der Waals surface area (Å²) in [6, 6.07) is 3.90. The average molecular weight is 262 g/mol. The van der Waals surface area contributed by atoms with Crippen molar-refractivity contribution < 1.29 is 4.79 Å². The molecule has 1 fully saturated rings. The van der Waals surface area contributed by atoms with Gasteiger partial charge in [-0.2, -0.15) is 0 Å². The maximum absolute atomic E-state index is 12.1. The van der Waals surface area contributed by atoms with Crippen molar-refractivity contribution >= 4 is 17.2 Å². The van der Waals surface area contributed by atoms with Crippen LogP contribution in [0.1, 0.15) is 14.5 Å². The zero-order chi connectivity index (χ0) is 12.5. The van der Waals surface area contributed by atoms with Crippen molar-refractivity contribution in [3.8, 4) is 0 Å². The van der Waals surface area contributed by atoms with E-state index in [1.165, 1.54) is 4.88 Å². The molecule has 1 saturated heterocycles. The van der Waals surface area contributed by atoms with Gasteiger partial charge in [0.25, 0.3) is 5.91 Å². The summed E-state index contributed by atoms with van der Waals surface area (Å²) in [4.78, 5) is 16.0. The fourth-order valence-electron chi connectivity index (χ4n) is 2.15. The second-order valence-corrected chi connectivity index (χ2v) is 5.90. The normalized spacial score (nSPS) is 15.7. The number of likely N-dealkylation sites (tertiary alicyclic amines) is 1. The number of hydrogen-bond donors (Lipinski definition) is 0. The first kappa shape index (κ1) is 11.4. The summed E-state index contributed by atoms with van der Waals surface area (Å²) >= 11 is 1.56. The summed E-state index contributed by atoms with van der Waals surface area (Å²) in [6.45, 7) is 4.49. The number of nitrogens with zero attached hydrogens (tertiary/aromatic N) is 4. The van der Waals surface area contributed by atoms with Gasteiger partial charge in [0.05, 0.1) is 11.1 Å². The fourth-order valence-corrected chi connectivity index (χ4v) is 2.99. The lowest BCUT2D eigenvalue weighted by molar-refractivity contribution is 0.0465. The van der Waals surface area contributed by atoms with Gasteiger partial charge in [0.15, 0.2) is 0 Å². The molecule has 3 rings (SSSR count). The van der Waals surface area contributed by atoms with Crippen LogP contribution >= 0.6 is 11.3 Å².